The quantitative estimate of drug-likeness (QED) is 0.0288. The van der Waals surface area contributed by atoms with Crippen molar-refractivity contribution < 1.29 is 57.6 Å². The molecule has 5 N–H and O–H groups in total. The van der Waals surface area contributed by atoms with Crippen molar-refractivity contribution in [1.82, 2.24) is 26.2 Å². The third-order valence-corrected chi connectivity index (χ3v) is 8.78. The van der Waals surface area contributed by atoms with E-state index < -0.39 is 28.4 Å². The van der Waals surface area contributed by atoms with Gasteiger partial charge in [0.05, 0.1) is 52.2 Å². The molecule has 2 radical (unpaired) electrons. The molecule has 0 aromatic rings. The number of carbonyl (C=O) groups is 6. The van der Waals surface area contributed by atoms with Gasteiger partial charge in [0.15, 0.2) is 6.29 Å². The summed E-state index contributed by atoms with van der Waals surface area (Å²) in [6.07, 6.45) is -0.572. The first-order valence-electron chi connectivity index (χ1n) is 16.8. The molecule has 0 aromatic carbocycles. The number of imide groups is 1. The van der Waals surface area contributed by atoms with Crippen molar-refractivity contribution in [2.45, 2.75) is 81.6 Å². The van der Waals surface area contributed by atoms with E-state index in [0.717, 1.165) is 4.90 Å². The van der Waals surface area contributed by atoms with Crippen LogP contribution in [0.3, 0.4) is 0 Å². The van der Waals surface area contributed by atoms with E-state index in [2.05, 4.69) is 21.3 Å². The Morgan fingerprint density at radius 3 is 2.16 bits per heavy atom. The Morgan fingerprint density at radius 1 is 0.920 bits per heavy atom. The molecule has 0 aromatic heterocycles. The number of methoxy groups -OCH3 is 1. The van der Waals surface area contributed by atoms with Crippen molar-refractivity contribution in [3.63, 3.8) is 0 Å². The molecule has 1 rings (SSSR count). The summed E-state index contributed by atoms with van der Waals surface area (Å²) in [6, 6.07) is 0. The lowest BCUT2D eigenvalue weighted by Gasteiger charge is -2.25. The van der Waals surface area contributed by atoms with Crippen molar-refractivity contribution in [2.75, 3.05) is 79.5 Å². The highest BCUT2D eigenvalue weighted by Gasteiger charge is 2.41. The van der Waals surface area contributed by atoms with E-state index in [1.165, 1.54) is 18.9 Å². The highest BCUT2D eigenvalue weighted by molar-refractivity contribution is 8.03. The fourth-order valence-corrected chi connectivity index (χ4v) is 5.41. The van der Waals surface area contributed by atoms with Crippen molar-refractivity contribution in [3.05, 3.63) is 0 Å². The Labute approximate surface area is 299 Å². The Kier molecular flexibility index (Phi) is 23.3. The van der Waals surface area contributed by atoms with Crippen LogP contribution in [0, 0.1) is 0 Å². The molecule has 0 bridgehead atoms. The minimum atomic E-state index is -0.827. The Balaban J connectivity index is 1.99. The van der Waals surface area contributed by atoms with Crippen molar-refractivity contribution in [1.29, 1.82) is 0 Å². The Morgan fingerprint density at radius 2 is 1.54 bits per heavy atom. The highest BCUT2D eigenvalue weighted by Crippen LogP contribution is 2.35. The summed E-state index contributed by atoms with van der Waals surface area (Å²) in [5.74, 6) is -1.48. The van der Waals surface area contributed by atoms with E-state index in [0.29, 0.717) is 12.8 Å². The molecule has 1 aliphatic heterocycles. The van der Waals surface area contributed by atoms with Gasteiger partial charge in [-0.25, -0.2) is 4.79 Å². The number of hydrogen-bond donors (Lipinski definition) is 5. The first kappa shape index (κ1) is 45.1. The number of alkyl carbamates (subject to hydrolysis) is 1. The molecule has 4 unspecified atom stereocenters. The number of likely N-dealkylation sites (tertiary alicyclic amines) is 1. The number of ether oxygens (including phenoxy) is 5. The van der Waals surface area contributed by atoms with Gasteiger partial charge >= 0.3 is 6.09 Å². The summed E-state index contributed by atoms with van der Waals surface area (Å²) < 4.78 is 25.7. The van der Waals surface area contributed by atoms with Crippen LogP contribution in [0.25, 0.3) is 0 Å². The van der Waals surface area contributed by atoms with Crippen molar-refractivity contribution >= 4 is 55.2 Å². The lowest BCUT2D eigenvalue weighted by molar-refractivity contribution is -0.181. The van der Waals surface area contributed by atoms with Gasteiger partial charge in [0.2, 0.25) is 29.5 Å². The molecule has 1 heterocycles. The first-order valence-corrected chi connectivity index (χ1v) is 17.7. The van der Waals surface area contributed by atoms with Crippen LogP contribution in [0.1, 0.15) is 59.3 Å². The number of thioether (sulfide) groups is 1. The van der Waals surface area contributed by atoms with Gasteiger partial charge in [-0.3, -0.25) is 28.9 Å². The number of carbonyl (C=O) groups excluding carboxylic acids is 6. The Hall–Kier alpha value is -2.97. The molecule has 4 atom stereocenters. The lowest BCUT2D eigenvalue weighted by atomic mass is 9.86. The maximum Gasteiger partial charge on any atom is 0.407 e. The van der Waals surface area contributed by atoms with Gasteiger partial charge in [-0.15, -0.1) is 0 Å². The van der Waals surface area contributed by atoms with Crippen molar-refractivity contribution in [3.8, 4) is 0 Å². The van der Waals surface area contributed by atoms with Crippen LogP contribution >= 0.6 is 11.8 Å². The van der Waals surface area contributed by atoms with E-state index in [4.69, 9.17) is 31.5 Å². The predicted molar refractivity (Wildman–Crippen MR) is 184 cm³/mol. The number of rotatable bonds is 28. The third-order valence-electron chi connectivity index (χ3n) is 7.30. The molecule has 19 heteroatoms. The average Bonchev–Trinajstić information content (AvgIpc) is 3.35. The van der Waals surface area contributed by atoms with Gasteiger partial charge in [0, 0.05) is 65.5 Å². The van der Waals surface area contributed by atoms with Gasteiger partial charge in [-0.1, -0.05) is 20.8 Å². The molecule has 0 aliphatic carbocycles. The summed E-state index contributed by atoms with van der Waals surface area (Å²) in [6.45, 7) is 6.87. The number of amides is 6. The van der Waals surface area contributed by atoms with Crippen LogP contribution in [-0.2, 0) is 47.7 Å². The molecule has 6 amide bonds. The van der Waals surface area contributed by atoms with E-state index in [-0.39, 0.29) is 128 Å². The smallest absolute Gasteiger partial charge is 0.407 e. The van der Waals surface area contributed by atoms with Crippen LogP contribution in [0.2, 0.25) is 0 Å². The van der Waals surface area contributed by atoms with Gasteiger partial charge < -0.3 is 50.1 Å². The molecule has 1 saturated heterocycles. The molecular weight excluding hydrogens is 677 g/mol. The van der Waals surface area contributed by atoms with Gasteiger partial charge in [0.1, 0.15) is 6.61 Å². The van der Waals surface area contributed by atoms with Gasteiger partial charge in [0.25, 0.3) is 0 Å². The minimum Gasteiger partial charge on any atom is -0.444 e. The molecule has 17 nitrogen and oxygen atoms in total. The number of aliphatic hydroxyl groups is 1. The largest absolute Gasteiger partial charge is 0.444 e. The fourth-order valence-electron chi connectivity index (χ4n) is 4.14. The molecule has 0 spiro atoms. The zero-order chi connectivity index (χ0) is 37.4. The summed E-state index contributed by atoms with van der Waals surface area (Å²) in [5, 5.41) is 19.1. The first-order chi connectivity index (χ1) is 23.8. The fraction of sp³-hybridized carbons (Fsp3) is 0.806. The highest BCUT2D eigenvalue weighted by atomic mass is 32.2. The number of nitrogens with zero attached hydrogens (tertiary/aromatic N) is 1. The lowest BCUT2D eigenvalue weighted by Crippen LogP contribution is -2.37. The number of hydrogen-bond acceptors (Lipinski definition) is 13. The summed E-state index contributed by atoms with van der Waals surface area (Å²) in [4.78, 5) is 73.7. The number of nitrogens with one attached hydrogen (secondary N) is 4. The third kappa shape index (κ3) is 20.0. The SMILES string of the molecule is [B]C(C)(CC)SC1CC(=O)N(CCC(=O)NCCOCCOCCC(=O)NCCNC(=O)CCNC(=O)OCC(OC)OC(CC)CO)C1=O. The Bertz CT molecular complexity index is 1070. The zero-order valence-electron chi connectivity index (χ0n) is 29.6. The molecule has 50 heavy (non-hydrogen) atoms. The topological polar surface area (TPSA) is 220 Å². The molecular formula is C31H54BN5O12S. The van der Waals surface area contributed by atoms with E-state index in [9.17, 15) is 33.9 Å². The van der Waals surface area contributed by atoms with Gasteiger partial charge in [-0.05, 0) is 17.5 Å². The maximum atomic E-state index is 12.6. The van der Waals surface area contributed by atoms with Crippen LogP contribution in [0.4, 0.5) is 4.79 Å². The molecule has 1 aliphatic rings. The van der Waals surface area contributed by atoms with Crippen LogP contribution in [0.5, 0.6) is 0 Å². The van der Waals surface area contributed by atoms with Crippen LogP contribution in [0.15, 0.2) is 0 Å². The van der Waals surface area contributed by atoms with Gasteiger partial charge in [-0.2, -0.15) is 11.8 Å². The average molecular weight is 732 g/mol. The van der Waals surface area contributed by atoms with E-state index in [1.807, 2.05) is 20.8 Å². The van der Waals surface area contributed by atoms with E-state index >= 15 is 0 Å². The predicted octanol–water partition coefficient (Wildman–Crippen LogP) is -0.820. The molecule has 284 valence electrons. The maximum absolute atomic E-state index is 12.6. The summed E-state index contributed by atoms with van der Waals surface area (Å²) in [5.41, 5.74) is 0. The molecule has 1 fully saturated rings. The van der Waals surface area contributed by atoms with Crippen LogP contribution in [-0.4, -0.2) is 155 Å². The standard InChI is InChI=1S/C31H54BN5O12S/c1-5-22(20-38)49-28(45-4)21-48-30(44)36-10-7-24(39)33-11-12-34-26(41)9-15-46-17-18-47-16-13-35-25(40)8-14-37-27(42)19-23(29(37)43)50-31(3,32)6-2/h22-23,28,38H,5-21H2,1-4H3,(H,33,39)(H,34,41)(H,35,40)(H,36,44). The van der Waals surface area contributed by atoms with Crippen molar-refractivity contribution in [2.24, 2.45) is 0 Å². The van der Waals surface area contributed by atoms with E-state index in [1.54, 1.807) is 0 Å². The number of aliphatic hydroxyl groups excluding tert-OH is 1. The second-order valence-electron chi connectivity index (χ2n) is 11.4. The molecule has 0 saturated carbocycles. The monoisotopic (exact) mass is 731 g/mol. The minimum absolute atomic E-state index is 0.00350. The second-order valence-corrected chi connectivity index (χ2v) is 13.2. The summed E-state index contributed by atoms with van der Waals surface area (Å²) in [7, 11) is 7.51. The zero-order valence-corrected chi connectivity index (χ0v) is 30.4. The second kappa shape index (κ2) is 25.9. The van der Waals surface area contributed by atoms with Crippen LogP contribution < -0.4 is 21.3 Å². The summed E-state index contributed by atoms with van der Waals surface area (Å²) >= 11 is 1.28. The normalized spacial score (nSPS) is 16.7.